The molecule has 154 valence electrons. The zero-order chi connectivity index (χ0) is 20.5. The van der Waals surface area contributed by atoms with E-state index in [0.717, 1.165) is 48.6 Å². The van der Waals surface area contributed by atoms with Crippen molar-refractivity contribution in [2.75, 3.05) is 30.4 Å². The van der Waals surface area contributed by atoms with Crippen LogP contribution in [0.2, 0.25) is 0 Å². The number of piperidine rings is 1. The Labute approximate surface area is 175 Å². The Morgan fingerprint density at radius 1 is 1.07 bits per heavy atom. The van der Waals surface area contributed by atoms with Crippen LogP contribution in [-0.2, 0) is 0 Å². The van der Waals surface area contributed by atoms with Gasteiger partial charge >= 0.3 is 0 Å². The molecule has 3 aromatic rings. The minimum absolute atomic E-state index is 0.00697. The van der Waals surface area contributed by atoms with E-state index in [9.17, 15) is 4.79 Å². The first-order valence-electron chi connectivity index (χ1n) is 10.5. The lowest BCUT2D eigenvalue weighted by atomic mass is 9.88. The molecule has 1 aliphatic heterocycles. The van der Waals surface area contributed by atoms with Crippen LogP contribution in [0.4, 0.5) is 11.6 Å². The molecule has 0 radical (unpaired) electrons. The fourth-order valence-electron chi connectivity index (χ4n) is 4.06. The van der Waals surface area contributed by atoms with Gasteiger partial charge in [-0.15, -0.1) is 0 Å². The van der Waals surface area contributed by atoms with Crippen molar-refractivity contribution in [1.82, 2.24) is 15.0 Å². The summed E-state index contributed by atoms with van der Waals surface area (Å²) < 4.78 is 5.38. The van der Waals surface area contributed by atoms with Crippen molar-refractivity contribution >= 4 is 28.5 Å². The maximum Gasteiger partial charge on any atom is 0.172 e. The fourth-order valence-corrected chi connectivity index (χ4v) is 4.06. The number of rotatable bonds is 6. The number of ether oxygens (including phenoxy) is 1. The number of Topliss-reactive ketones (excluding diaryl/α,β-unsaturated/α-hetero) is 1. The molecule has 3 heterocycles. The number of hydrogen-bond acceptors (Lipinski definition) is 7. The summed E-state index contributed by atoms with van der Waals surface area (Å²) in [5.41, 5.74) is 2.31. The first-order valence-corrected chi connectivity index (χ1v) is 10.5. The van der Waals surface area contributed by atoms with Gasteiger partial charge in [0.05, 0.1) is 24.4 Å². The molecule has 2 aromatic heterocycles. The number of fused-ring (bicyclic) bond motifs is 1. The predicted molar refractivity (Wildman–Crippen MR) is 116 cm³/mol. The quantitative estimate of drug-likeness (QED) is 0.629. The van der Waals surface area contributed by atoms with Gasteiger partial charge in [-0.1, -0.05) is 12.1 Å². The summed E-state index contributed by atoms with van der Waals surface area (Å²) in [6, 6.07) is 9.85. The highest BCUT2D eigenvalue weighted by molar-refractivity contribution is 6.00. The third kappa shape index (κ3) is 3.67. The van der Waals surface area contributed by atoms with E-state index in [1.165, 1.54) is 12.8 Å². The van der Waals surface area contributed by atoms with E-state index in [0.29, 0.717) is 17.4 Å². The average molecular weight is 403 g/mol. The van der Waals surface area contributed by atoms with Crippen LogP contribution in [0.5, 0.6) is 5.75 Å². The largest absolute Gasteiger partial charge is 0.496 e. The highest BCUT2D eigenvalue weighted by atomic mass is 16.5. The molecule has 1 saturated carbocycles. The molecule has 7 heteroatoms. The van der Waals surface area contributed by atoms with Crippen molar-refractivity contribution in [3.8, 4) is 5.75 Å². The number of nitrogens with zero attached hydrogens (tertiary/aromatic N) is 4. The van der Waals surface area contributed by atoms with Gasteiger partial charge in [-0.05, 0) is 43.9 Å². The van der Waals surface area contributed by atoms with Gasteiger partial charge in [0.2, 0.25) is 0 Å². The highest BCUT2D eigenvalue weighted by Crippen LogP contribution is 2.34. The Bertz CT molecular complexity index is 1070. The van der Waals surface area contributed by atoms with Crippen molar-refractivity contribution in [2.24, 2.45) is 5.92 Å². The number of pyridine rings is 1. The molecule has 0 atom stereocenters. The number of carbonyl (C=O) groups is 1. The van der Waals surface area contributed by atoms with E-state index < -0.39 is 0 Å². The molecule has 0 bridgehead atoms. The van der Waals surface area contributed by atoms with Crippen LogP contribution < -0.4 is 15.0 Å². The highest BCUT2D eigenvalue weighted by Gasteiger charge is 2.30. The topological polar surface area (TPSA) is 80.2 Å². The third-order valence-electron chi connectivity index (χ3n) is 5.90. The van der Waals surface area contributed by atoms with Crippen LogP contribution in [0.3, 0.4) is 0 Å². The van der Waals surface area contributed by atoms with Gasteiger partial charge in [0.1, 0.15) is 11.3 Å². The molecule has 1 aromatic carbocycles. The Balaban J connectivity index is 1.36. The van der Waals surface area contributed by atoms with Gasteiger partial charge in [0, 0.05) is 31.2 Å². The summed E-state index contributed by atoms with van der Waals surface area (Å²) in [7, 11) is 1.61. The molecule has 30 heavy (non-hydrogen) atoms. The number of anilines is 2. The maximum absolute atomic E-state index is 13.1. The van der Waals surface area contributed by atoms with E-state index in [1.807, 2.05) is 30.3 Å². The van der Waals surface area contributed by atoms with Gasteiger partial charge in [0.25, 0.3) is 0 Å². The average Bonchev–Trinajstić information content (AvgIpc) is 3.62. The summed E-state index contributed by atoms with van der Waals surface area (Å²) in [5.74, 6) is 2.51. The Hall–Kier alpha value is -3.22. The minimum Gasteiger partial charge on any atom is -0.496 e. The molecular formula is C23H25N5O2. The van der Waals surface area contributed by atoms with Crippen LogP contribution in [0, 0.1) is 5.92 Å². The van der Waals surface area contributed by atoms with E-state index >= 15 is 0 Å². The molecule has 0 amide bonds. The molecule has 2 aliphatic rings. The van der Waals surface area contributed by atoms with Crippen molar-refractivity contribution in [2.45, 2.75) is 31.7 Å². The van der Waals surface area contributed by atoms with Crippen molar-refractivity contribution < 1.29 is 9.53 Å². The van der Waals surface area contributed by atoms with E-state index in [4.69, 9.17) is 14.7 Å². The number of para-hydroxylation sites is 1. The number of nitrogens with one attached hydrogen (secondary N) is 1. The van der Waals surface area contributed by atoms with Crippen LogP contribution in [0.15, 0.2) is 42.7 Å². The Morgan fingerprint density at radius 3 is 2.63 bits per heavy atom. The lowest BCUT2D eigenvalue weighted by molar-refractivity contribution is 0.0897. The third-order valence-corrected chi connectivity index (χ3v) is 5.90. The van der Waals surface area contributed by atoms with Crippen LogP contribution in [-0.4, -0.2) is 47.0 Å². The molecule has 0 unspecified atom stereocenters. The second-order valence-electron chi connectivity index (χ2n) is 8.00. The number of carbonyl (C=O) groups excluding carboxylic acids is 1. The summed E-state index contributed by atoms with van der Waals surface area (Å²) in [6.07, 6.45) is 7.41. The number of ketones is 1. The van der Waals surface area contributed by atoms with Crippen molar-refractivity contribution in [3.05, 3.63) is 48.3 Å². The number of hydrogen-bond donors (Lipinski definition) is 1. The SMILES string of the molecule is COc1ccccc1C(=O)C1CCN(c2nc3cnccc3nc2NC2CC2)CC1. The van der Waals surface area contributed by atoms with Crippen LogP contribution >= 0.6 is 0 Å². The minimum atomic E-state index is -0.00697. The predicted octanol–water partition coefficient (Wildman–Crippen LogP) is 3.71. The van der Waals surface area contributed by atoms with Crippen LogP contribution in [0.25, 0.3) is 11.0 Å². The lowest BCUT2D eigenvalue weighted by Crippen LogP contribution is -2.37. The van der Waals surface area contributed by atoms with Gasteiger partial charge in [-0.2, -0.15) is 0 Å². The Morgan fingerprint density at radius 2 is 1.87 bits per heavy atom. The molecule has 7 nitrogen and oxygen atoms in total. The second-order valence-corrected chi connectivity index (χ2v) is 8.00. The van der Waals surface area contributed by atoms with Gasteiger partial charge in [-0.25, -0.2) is 9.97 Å². The molecule has 1 aliphatic carbocycles. The monoisotopic (exact) mass is 403 g/mol. The molecule has 1 N–H and O–H groups in total. The molecular weight excluding hydrogens is 378 g/mol. The zero-order valence-corrected chi connectivity index (χ0v) is 17.0. The van der Waals surface area contributed by atoms with E-state index in [2.05, 4.69) is 15.2 Å². The molecule has 0 spiro atoms. The van der Waals surface area contributed by atoms with Crippen molar-refractivity contribution in [3.63, 3.8) is 0 Å². The number of aromatic nitrogens is 3. The van der Waals surface area contributed by atoms with Crippen LogP contribution in [0.1, 0.15) is 36.0 Å². The molecule has 2 fully saturated rings. The smallest absolute Gasteiger partial charge is 0.172 e. The van der Waals surface area contributed by atoms with Crippen molar-refractivity contribution in [1.29, 1.82) is 0 Å². The summed E-state index contributed by atoms with van der Waals surface area (Å²) in [4.78, 5) is 29.2. The molecule has 5 rings (SSSR count). The number of methoxy groups -OCH3 is 1. The lowest BCUT2D eigenvalue weighted by Gasteiger charge is -2.33. The molecule has 1 saturated heterocycles. The van der Waals surface area contributed by atoms with E-state index in [1.54, 1.807) is 19.5 Å². The zero-order valence-electron chi connectivity index (χ0n) is 17.0. The summed E-state index contributed by atoms with van der Waals surface area (Å²) in [5, 5.41) is 3.53. The normalized spacial score (nSPS) is 17.2. The first-order chi connectivity index (χ1) is 14.7. The Kier molecular flexibility index (Phi) is 4.94. The van der Waals surface area contributed by atoms with Gasteiger partial charge in [-0.3, -0.25) is 9.78 Å². The van der Waals surface area contributed by atoms with E-state index in [-0.39, 0.29) is 11.7 Å². The summed E-state index contributed by atoms with van der Waals surface area (Å²) in [6.45, 7) is 1.54. The summed E-state index contributed by atoms with van der Waals surface area (Å²) >= 11 is 0. The van der Waals surface area contributed by atoms with Gasteiger partial charge in [0.15, 0.2) is 17.4 Å². The first kappa shape index (κ1) is 18.8. The maximum atomic E-state index is 13.1. The number of benzene rings is 1. The standard InChI is InChI=1S/C23H25N5O2/c1-30-20-5-3-2-4-17(20)21(29)15-9-12-28(13-10-15)23-22(25-16-6-7-16)26-18-8-11-24-14-19(18)27-23/h2-5,8,11,14-16H,6-7,9-10,12-13H2,1H3,(H,25,26). The second kappa shape index (κ2) is 7.89. The fraction of sp³-hybridized carbons (Fsp3) is 0.391. The van der Waals surface area contributed by atoms with Gasteiger partial charge < -0.3 is 15.0 Å².